The van der Waals surface area contributed by atoms with E-state index in [0.29, 0.717) is 11.6 Å². The predicted molar refractivity (Wildman–Crippen MR) is 44.3 cm³/mol. The summed E-state index contributed by atoms with van der Waals surface area (Å²) in [7, 11) is 0. The van der Waals surface area contributed by atoms with Gasteiger partial charge in [0.25, 0.3) is 0 Å². The molecule has 3 heteroatoms. The Morgan fingerprint density at radius 2 is 2.42 bits per heavy atom. The molecule has 3 nitrogen and oxygen atoms in total. The first-order chi connectivity index (χ1) is 5.90. The predicted octanol–water partition coefficient (Wildman–Crippen LogP) is 0.988. The number of nitriles is 1. The van der Waals surface area contributed by atoms with Crippen molar-refractivity contribution in [2.24, 2.45) is 0 Å². The van der Waals surface area contributed by atoms with Gasteiger partial charge in [-0.25, -0.2) is 0 Å². The van der Waals surface area contributed by atoms with Crippen LogP contribution in [0.1, 0.15) is 23.7 Å². The highest BCUT2D eigenvalue weighted by molar-refractivity contribution is 5.27. The summed E-state index contributed by atoms with van der Waals surface area (Å²) < 4.78 is 0. The van der Waals surface area contributed by atoms with Crippen LogP contribution in [0.5, 0.6) is 0 Å². The largest absolute Gasteiger partial charge is 0.309 e. The number of nitrogens with one attached hydrogen (secondary N) is 1. The number of nitrogens with zero attached hydrogens (tertiary/aromatic N) is 2. The molecule has 12 heavy (non-hydrogen) atoms. The maximum Gasteiger partial charge on any atom is 0.101 e. The second kappa shape index (κ2) is 2.92. The third kappa shape index (κ3) is 1.17. The summed E-state index contributed by atoms with van der Waals surface area (Å²) in [6, 6.07) is 6.18. The molecule has 0 bridgehead atoms. The van der Waals surface area contributed by atoms with Gasteiger partial charge in [0.05, 0.1) is 17.3 Å². The van der Waals surface area contributed by atoms with E-state index in [1.54, 1.807) is 6.20 Å². The number of rotatable bonds is 1. The zero-order valence-corrected chi connectivity index (χ0v) is 6.62. The highest BCUT2D eigenvalue weighted by Gasteiger charge is 2.18. The van der Waals surface area contributed by atoms with Gasteiger partial charge in [0, 0.05) is 6.20 Å². The van der Waals surface area contributed by atoms with Crippen molar-refractivity contribution in [2.45, 2.75) is 12.5 Å². The molecule has 60 valence electrons. The summed E-state index contributed by atoms with van der Waals surface area (Å²) in [5, 5.41) is 11.8. The van der Waals surface area contributed by atoms with E-state index >= 15 is 0 Å². The molecular formula is C9H9N3. The average Bonchev–Trinajstić information content (AvgIpc) is 2.03. The number of hydrogen-bond acceptors (Lipinski definition) is 3. The van der Waals surface area contributed by atoms with E-state index in [2.05, 4.69) is 10.3 Å². The fourth-order valence-corrected chi connectivity index (χ4v) is 1.22. The van der Waals surface area contributed by atoms with Crippen molar-refractivity contribution in [3.63, 3.8) is 0 Å². The molecule has 2 heterocycles. The second-order valence-electron chi connectivity index (χ2n) is 2.88. The summed E-state index contributed by atoms with van der Waals surface area (Å²) in [6.07, 6.45) is 2.77. The molecule has 1 atom stereocenters. The van der Waals surface area contributed by atoms with Crippen LogP contribution < -0.4 is 5.32 Å². The van der Waals surface area contributed by atoms with Crippen LogP contribution in [0.3, 0.4) is 0 Å². The van der Waals surface area contributed by atoms with Crippen molar-refractivity contribution in [2.75, 3.05) is 6.54 Å². The fraction of sp³-hybridized carbons (Fsp3) is 0.333. The first-order valence-electron chi connectivity index (χ1n) is 3.99. The molecule has 2 rings (SSSR count). The first kappa shape index (κ1) is 7.26. The molecule has 0 aromatic carbocycles. The SMILES string of the molecule is N#Cc1ccc([C@@H]2CCN2)nc1. The molecule has 1 aliphatic heterocycles. The monoisotopic (exact) mass is 159 g/mol. The van der Waals surface area contributed by atoms with Gasteiger partial charge in [-0.15, -0.1) is 0 Å². The Balaban J connectivity index is 2.19. The molecule has 1 N–H and O–H groups in total. The van der Waals surface area contributed by atoms with E-state index in [1.807, 2.05) is 18.2 Å². The molecule has 0 amide bonds. The van der Waals surface area contributed by atoms with Gasteiger partial charge in [-0.05, 0) is 25.1 Å². The van der Waals surface area contributed by atoms with Crippen molar-refractivity contribution >= 4 is 0 Å². The third-order valence-corrected chi connectivity index (χ3v) is 2.10. The molecule has 0 spiro atoms. The minimum Gasteiger partial charge on any atom is -0.309 e. The highest BCUT2D eigenvalue weighted by atomic mass is 15.0. The first-order valence-corrected chi connectivity index (χ1v) is 3.99. The lowest BCUT2D eigenvalue weighted by atomic mass is 10.0. The molecule has 1 fully saturated rings. The van der Waals surface area contributed by atoms with Crippen LogP contribution in [0.15, 0.2) is 18.3 Å². The smallest absolute Gasteiger partial charge is 0.101 e. The van der Waals surface area contributed by atoms with Gasteiger partial charge in [0.15, 0.2) is 0 Å². The maximum absolute atomic E-state index is 8.53. The van der Waals surface area contributed by atoms with Gasteiger partial charge < -0.3 is 5.32 Å². The van der Waals surface area contributed by atoms with Crippen molar-refractivity contribution in [3.05, 3.63) is 29.6 Å². The molecule has 1 aliphatic rings. The van der Waals surface area contributed by atoms with Gasteiger partial charge in [-0.2, -0.15) is 5.26 Å². The van der Waals surface area contributed by atoms with E-state index < -0.39 is 0 Å². The Bertz CT molecular complexity index is 306. The quantitative estimate of drug-likeness (QED) is 0.664. The molecular weight excluding hydrogens is 150 g/mol. The van der Waals surface area contributed by atoms with Gasteiger partial charge in [0.1, 0.15) is 6.07 Å². The minimum absolute atomic E-state index is 0.415. The molecule has 1 aromatic rings. The van der Waals surface area contributed by atoms with E-state index in [0.717, 1.165) is 18.7 Å². The zero-order chi connectivity index (χ0) is 8.39. The Morgan fingerprint density at radius 1 is 1.58 bits per heavy atom. The van der Waals surface area contributed by atoms with Gasteiger partial charge >= 0.3 is 0 Å². The molecule has 0 saturated carbocycles. The lowest BCUT2D eigenvalue weighted by molar-refractivity contribution is 0.375. The maximum atomic E-state index is 8.53. The van der Waals surface area contributed by atoms with E-state index in [9.17, 15) is 0 Å². The van der Waals surface area contributed by atoms with Gasteiger partial charge in [0.2, 0.25) is 0 Å². The van der Waals surface area contributed by atoms with E-state index in [-0.39, 0.29) is 0 Å². The summed E-state index contributed by atoms with van der Waals surface area (Å²) in [4.78, 5) is 4.19. The number of pyridine rings is 1. The summed E-state index contributed by atoms with van der Waals surface area (Å²) in [6.45, 7) is 1.08. The van der Waals surface area contributed by atoms with Crippen LogP contribution in [0, 0.1) is 11.3 Å². The van der Waals surface area contributed by atoms with Crippen LogP contribution in [0.25, 0.3) is 0 Å². The lowest BCUT2D eigenvalue weighted by Crippen LogP contribution is -2.35. The third-order valence-electron chi connectivity index (χ3n) is 2.10. The molecule has 1 aromatic heterocycles. The normalized spacial score (nSPS) is 21.1. The topological polar surface area (TPSA) is 48.7 Å². The summed E-state index contributed by atoms with van der Waals surface area (Å²) >= 11 is 0. The van der Waals surface area contributed by atoms with Crippen LogP contribution in [0.4, 0.5) is 0 Å². The van der Waals surface area contributed by atoms with Crippen LogP contribution in [-0.4, -0.2) is 11.5 Å². The number of hydrogen-bond donors (Lipinski definition) is 1. The molecule has 0 unspecified atom stereocenters. The van der Waals surface area contributed by atoms with Crippen molar-refractivity contribution < 1.29 is 0 Å². The minimum atomic E-state index is 0.415. The second-order valence-corrected chi connectivity index (χ2v) is 2.88. The number of aromatic nitrogens is 1. The Labute approximate surface area is 71.0 Å². The van der Waals surface area contributed by atoms with Crippen molar-refractivity contribution in [1.29, 1.82) is 5.26 Å². The molecule has 0 aliphatic carbocycles. The van der Waals surface area contributed by atoms with E-state index in [1.165, 1.54) is 0 Å². The fourth-order valence-electron chi connectivity index (χ4n) is 1.22. The lowest BCUT2D eigenvalue weighted by Gasteiger charge is -2.26. The van der Waals surface area contributed by atoms with Gasteiger partial charge in [-0.3, -0.25) is 4.98 Å². The van der Waals surface area contributed by atoms with Gasteiger partial charge in [-0.1, -0.05) is 0 Å². The summed E-state index contributed by atoms with van der Waals surface area (Å²) in [5.41, 5.74) is 1.67. The van der Waals surface area contributed by atoms with Crippen molar-refractivity contribution in [1.82, 2.24) is 10.3 Å². The standard InChI is InChI=1S/C9H9N3/c10-5-7-1-2-8(12-6-7)9-3-4-11-9/h1-2,6,9,11H,3-4H2/t9-/m0/s1. The highest BCUT2D eigenvalue weighted by Crippen LogP contribution is 2.20. The van der Waals surface area contributed by atoms with Crippen LogP contribution in [-0.2, 0) is 0 Å². The summed E-state index contributed by atoms with van der Waals surface area (Å²) in [5.74, 6) is 0. The Morgan fingerprint density at radius 3 is 2.83 bits per heavy atom. The Hall–Kier alpha value is -1.40. The van der Waals surface area contributed by atoms with Crippen LogP contribution in [0.2, 0.25) is 0 Å². The van der Waals surface area contributed by atoms with Crippen LogP contribution >= 0.6 is 0 Å². The van der Waals surface area contributed by atoms with Crippen molar-refractivity contribution in [3.8, 4) is 6.07 Å². The van der Waals surface area contributed by atoms with E-state index in [4.69, 9.17) is 5.26 Å². The molecule has 0 radical (unpaired) electrons. The molecule has 1 saturated heterocycles. The average molecular weight is 159 g/mol. The Kier molecular flexibility index (Phi) is 1.77. The zero-order valence-electron chi connectivity index (χ0n) is 6.62.